The number of rotatable bonds is 24. The van der Waals surface area contributed by atoms with Crippen molar-refractivity contribution in [3.8, 4) is 83.4 Å². The van der Waals surface area contributed by atoms with Gasteiger partial charge in [-0.1, -0.05) is 84.0 Å². The quantitative estimate of drug-likeness (QED) is 0.0213. The van der Waals surface area contributed by atoms with Crippen LogP contribution in [0.15, 0.2) is 0 Å². The molecule has 1 saturated carbocycles. The van der Waals surface area contributed by atoms with E-state index in [-0.39, 0.29) is 38.5 Å². The van der Waals surface area contributed by atoms with Gasteiger partial charge in [-0.25, -0.2) is 13.9 Å². The number of carbonyl (C=O) groups excluding carboxylic acids is 2. The third-order valence-electron chi connectivity index (χ3n) is 8.03. The number of phosphoric ester groups is 2. The van der Waals surface area contributed by atoms with E-state index >= 15 is 0 Å². The Kier molecular flexibility index (Phi) is 30.1. The largest absolute Gasteiger partial charge is 0.472 e. The fraction of sp³-hybridized carbons (Fsp3) is 0.600. The molecule has 1 rings (SSSR count). The predicted octanol–water partition coefficient (Wildman–Crippen LogP) is 5.32. The van der Waals surface area contributed by atoms with Crippen molar-refractivity contribution in [1.29, 1.82) is 0 Å². The summed E-state index contributed by atoms with van der Waals surface area (Å²) in [5.41, 5.74) is 0. The van der Waals surface area contributed by atoms with E-state index in [0.29, 0.717) is 6.42 Å². The summed E-state index contributed by atoms with van der Waals surface area (Å²) in [4.78, 5) is 53.5. The van der Waals surface area contributed by atoms with Gasteiger partial charge in [0.15, 0.2) is 6.10 Å². The predicted molar refractivity (Wildman–Crippen MR) is 246 cm³/mol. The molecule has 1 fully saturated rings. The standard InChI is InChI=1S/C40H50O16P2.H2S.13H2/c1-3-5-7-9-11-13-15-17-19-21-23-25-27-29-34(42)54-32(30-52-33(41)28-26-24-22-20-18-16-14-12-10-8-6-4-2)31-53-58(50,51)56-40-37(45)35(43)36(44)39(38(40)46)55-57(47,48)49;;;;;;;;;;;;;;/h2,32,35-40,43-46H,3,5,7,9,11,13,15,17,19,21,23,25,27,29-31H2,1H3,(H,50,51)(H2,47,48,49);1H2;13*1H/t32-,35+,36?,37?,38-,39-,40?;;;;;;;;;;;;;;/m1............../s1. The highest BCUT2D eigenvalue weighted by atomic mass is 32.1. The summed E-state index contributed by atoms with van der Waals surface area (Å²) in [5, 5.41) is 40.9. The lowest BCUT2D eigenvalue weighted by Crippen LogP contribution is -2.64. The fourth-order valence-electron chi connectivity index (χ4n) is 5.20. The van der Waals surface area contributed by atoms with Crippen LogP contribution in [0.4, 0.5) is 0 Å². The van der Waals surface area contributed by atoms with E-state index in [0.717, 1.165) is 32.1 Å². The average molecular weight is 909 g/mol. The topological polar surface area (TPSA) is 256 Å². The smallest absolute Gasteiger partial charge is 0.456 e. The van der Waals surface area contributed by atoms with Gasteiger partial charge in [0.1, 0.15) is 43.2 Å². The van der Waals surface area contributed by atoms with Crippen LogP contribution in [0.3, 0.4) is 0 Å². The Bertz CT molecular complexity index is 1890. The molecule has 0 aromatic heterocycles. The van der Waals surface area contributed by atoms with Crippen LogP contribution in [0, 0.1) is 83.4 Å². The van der Waals surface area contributed by atoms with Gasteiger partial charge in [0.2, 0.25) is 0 Å². The highest BCUT2D eigenvalue weighted by Crippen LogP contribution is 2.49. The molecule has 1 aliphatic rings. The molecule has 350 valence electrons. The number of unbranched alkanes of at least 4 members (excludes halogenated alkanes) is 12. The van der Waals surface area contributed by atoms with Crippen LogP contribution < -0.4 is 0 Å². The van der Waals surface area contributed by atoms with E-state index in [9.17, 15) is 44.0 Å². The molecule has 0 heterocycles. The van der Waals surface area contributed by atoms with Crippen LogP contribution in [-0.2, 0) is 41.8 Å². The number of phosphoric acid groups is 2. The van der Waals surface area contributed by atoms with Gasteiger partial charge in [-0.05, 0) is 77.5 Å². The molecular weight excluding hydrogens is 830 g/mol. The van der Waals surface area contributed by atoms with Crippen molar-refractivity contribution >= 4 is 41.1 Å². The van der Waals surface area contributed by atoms with Crippen molar-refractivity contribution < 1.29 is 95.4 Å². The van der Waals surface area contributed by atoms with Gasteiger partial charge in [-0.15, -0.1) is 6.42 Å². The monoisotopic (exact) mass is 908 g/mol. The molecule has 0 radical (unpaired) electrons. The summed E-state index contributed by atoms with van der Waals surface area (Å²) in [7, 11) is -10.8. The van der Waals surface area contributed by atoms with E-state index < -0.39 is 83.5 Å². The van der Waals surface area contributed by atoms with Crippen molar-refractivity contribution in [3.63, 3.8) is 0 Å². The first-order valence-electron chi connectivity index (χ1n) is 18.6. The lowest BCUT2D eigenvalue weighted by atomic mass is 9.85. The lowest BCUT2D eigenvalue weighted by molar-refractivity contribution is -0.216. The Morgan fingerprint density at radius 1 is 0.627 bits per heavy atom. The van der Waals surface area contributed by atoms with Crippen LogP contribution in [0.2, 0.25) is 0 Å². The maximum atomic E-state index is 12.9. The molecule has 7 N–H and O–H groups in total. The highest BCUT2D eigenvalue weighted by Gasteiger charge is 2.54. The minimum atomic E-state index is -5.39. The molecule has 0 aromatic rings. The van der Waals surface area contributed by atoms with Gasteiger partial charge >= 0.3 is 27.6 Å². The zero-order chi connectivity index (χ0) is 43.2. The van der Waals surface area contributed by atoms with Gasteiger partial charge in [-0.3, -0.25) is 18.4 Å². The van der Waals surface area contributed by atoms with Crippen molar-refractivity contribution in [1.82, 2.24) is 0 Å². The van der Waals surface area contributed by atoms with Crippen LogP contribution in [0.25, 0.3) is 0 Å². The fourth-order valence-corrected chi connectivity index (χ4v) is 6.74. The molecule has 0 spiro atoms. The first-order valence-corrected chi connectivity index (χ1v) is 21.6. The van der Waals surface area contributed by atoms with Gasteiger partial charge in [0.05, 0.1) is 6.61 Å². The number of aliphatic hydroxyl groups is 4. The van der Waals surface area contributed by atoms with Crippen molar-refractivity contribution in [2.24, 2.45) is 0 Å². The first-order chi connectivity index (χ1) is 27.6. The van der Waals surface area contributed by atoms with Crippen molar-refractivity contribution in [3.05, 3.63) is 0 Å². The molecule has 0 bridgehead atoms. The van der Waals surface area contributed by atoms with Crippen molar-refractivity contribution in [2.75, 3.05) is 13.2 Å². The Hall–Kier alpha value is -3.73. The molecule has 8 atom stereocenters. The number of aliphatic hydroxyl groups excluding tert-OH is 4. The van der Waals surface area contributed by atoms with Crippen LogP contribution in [-0.4, -0.2) is 103 Å². The number of carbonyl (C=O) groups is 2. The molecule has 19 heteroatoms. The number of esters is 2. The second kappa shape index (κ2) is 32.1. The van der Waals surface area contributed by atoms with Crippen LogP contribution in [0.1, 0.15) is 115 Å². The van der Waals surface area contributed by atoms with Gasteiger partial charge in [0.25, 0.3) is 0 Å². The maximum absolute atomic E-state index is 12.9. The summed E-state index contributed by atoms with van der Waals surface area (Å²) < 4.78 is 48.4. The molecule has 16 nitrogen and oxygen atoms in total. The molecule has 1 aliphatic carbocycles. The molecule has 0 saturated heterocycles. The molecular formula is C40H78O16P2S. The first kappa shape index (κ1) is 55.3. The Balaban J connectivity index is -0.000000200. The third kappa shape index (κ3) is 26.9. The van der Waals surface area contributed by atoms with Gasteiger partial charge in [0, 0.05) is 30.9 Å². The molecule has 4 unspecified atom stereocenters. The summed E-state index contributed by atoms with van der Waals surface area (Å²) in [6, 6.07) is 0. The Morgan fingerprint density at radius 3 is 1.54 bits per heavy atom. The normalized spacial score (nSPS) is 20.5. The number of hydrogen-bond donors (Lipinski definition) is 7. The van der Waals surface area contributed by atoms with E-state index in [2.05, 4.69) is 82.5 Å². The van der Waals surface area contributed by atoms with E-state index in [1.54, 1.807) is 0 Å². The molecule has 0 aromatic carbocycles. The molecule has 0 aliphatic heterocycles. The minimum Gasteiger partial charge on any atom is -0.456 e. The number of terminal acetylenes is 1. The summed E-state index contributed by atoms with van der Waals surface area (Å²) in [6.45, 7) is 0.506. The van der Waals surface area contributed by atoms with Gasteiger partial charge in [-0.2, -0.15) is 13.5 Å². The minimum absolute atomic E-state index is 0. The average Bonchev–Trinajstić information content (AvgIpc) is 3.17. The summed E-state index contributed by atoms with van der Waals surface area (Å²) in [5.74, 6) is 27.9. The summed E-state index contributed by atoms with van der Waals surface area (Å²) in [6.07, 6.45) is 3.80. The second-order valence-electron chi connectivity index (χ2n) is 12.7. The van der Waals surface area contributed by atoms with Crippen molar-refractivity contribution in [2.45, 2.75) is 140 Å². The lowest BCUT2D eigenvalue weighted by Gasteiger charge is -2.43. The SMILES string of the molecule is C#CC#CC#CC#CC#CC#CC#CC(=O)OC[C@H](COP(=O)(O)OC1C(O)[C@@H](O)C(O)[C@@H](OP(=O)(O)O)[C@H]1O)OC(=O)CCCCCCCCCCCCCCC.S.[HH].[HH].[HH].[HH].[HH].[HH].[HH].[HH].[HH].[HH].[HH].[HH].[HH]. The number of ether oxygens (including phenoxy) is 2. The van der Waals surface area contributed by atoms with E-state index in [4.69, 9.17) is 34.7 Å². The zero-order valence-electron chi connectivity index (χ0n) is 32.6. The Labute approximate surface area is 372 Å². The van der Waals surface area contributed by atoms with Gasteiger partial charge < -0.3 is 44.6 Å². The van der Waals surface area contributed by atoms with E-state index in [1.165, 1.54) is 44.9 Å². The maximum Gasteiger partial charge on any atom is 0.472 e. The van der Waals surface area contributed by atoms with E-state index in [1.807, 2.05) is 5.92 Å². The molecule has 0 amide bonds. The number of hydrogen-bond acceptors (Lipinski definition) is 13. The van der Waals surface area contributed by atoms with Crippen LogP contribution in [0.5, 0.6) is 0 Å². The highest BCUT2D eigenvalue weighted by molar-refractivity contribution is 7.59. The summed E-state index contributed by atoms with van der Waals surface area (Å²) >= 11 is 0. The zero-order valence-corrected chi connectivity index (χ0v) is 35.4. The Morgan fingerprint density at radius 2 is 1.07 bits per heavy atom. The third-order valence-corrected chi connectivity index (χ3v) is 9.53. The molecule has 59 heavy (non-hydrogen) atoms. The second-order valence-corrected chi connectivity index (χ2v) is 15.3. The van der Waals surface area contributed by atoms with Crippen LogP contribution >= 0.6 is 29.1 Å².